The SMILES string of the molecule is O=S.[Co].[La]. The van der Waals surface area contributed by atoms with Crippen LogP contribution in [0.2, 0.25) is 0 Å². The normalized spacial score (nSPS) is 1.00. The molecule has 0 heterocycles. The summed E-state index contributed by atoms with van der Waals surface area (Å²) in [4.78, 5) is 0. The molecule has 0 aliphatic carbocycles. The van der Waals surface area contributed by atoms with Gasteiger partial charge in [-0.25, -0.2) is 0 Å². The van der Waals surface area contributed by atoms with Crippen molar-refractivity contribution in [1.82, 2.24) is 0 Å². The molecule has 0 aromatic heterocycles. The van der Waals surface area contributed by atoms with Gasteiger partial charge in [-0.15, -0.1) is 0 Å². The molecule has 0 saturated carbocycles. The van der Waals surface area contributed by atoms with Crippen LogP contribution < -0.4 is 0 Å². The van der Waals surface area contributed by atoms with Gasteiger partial charge in [-0.05, 0) is 0 Å². The van der Waals surface area contributed by atoms with Gasteiger partial charge in [0.25, 0.3) is 0 Å². The third kappa shape index (κ3) is 9.30. The van der Waals surface area contributed by atoms with Gasteiger partial charge in [-0.2, -0.15) is 4.21 Å². The minimum absolute atomic E-state index is 0. The topological polar surface area (TPSA) is 17.1 Å². The van der Waals surface area contributed by atoms with Crippen LogP contribution in [0.5, 0.6) is 0 Å². The number of hydrogen-bond donors (Lipinski definition) is 0. The number of rotatable bonds is 0. The molecule has 0 amide bonds. The van der Waals surface area contributed by atoms with Crippen molar-refractivity contribution in [2.75, 3.05) is 0 Å². The molecule has 0 aliphatic rings. The van der Waals surface area contributed by atoms with Crippen molar-refractivity contribution in [1.29, 1.82) is 0 Å². The predicted molar refractivity (Wildman–Crippen MR) is 8.14 cm³/mol. The van der Waals surface area contributed by atoms with Gasteiger partial charge >= 0.3 is 0 Å². The van der Waals surface area contributed by atoms with E-state index in [1.54, 1.807) is 0 Å². The Kier molecular flexibility index (Phi) is 95.0. The molecule has 0 N–H and O–H groups in total. The second-order valence-electron chi connectivity index (χ2n) is 0. The van der Waals surface area contributed by atoms with Crippen molar-refractivity contribution in [3.63, 3.8) is 0 Å². The van der Waals surface area contributed by atoms with Gasteiger partial charge in [0.05, 0.1) is 0 Å². The fraction of sp³-hybridized carbons (Fsp3) is 0. The molecule has 0 spiro atoms. The Balaban J connectivity index is -0.00000000500. The molecule has 24 valence electrons. The third-order valence-electron chi connectivity index (χ3n) is 0. The quantitative estimate of drug-likeness (QED) is 0.581. The molecule has 0 unspecified atom stereocenters. The maximum absolute atomic E-state index is 7.83. The summed E-state index contributed by atoms with van der Waals surface area (Å²) < 4.78 is 7.83. The van der Waals surface area contributed by atoms with E-state index in [0.29, 0.717) is 0 Å². The fourth-order valence-electron chi connectivity index (χ4n) is 0. The molecule has 0 fully saturated rings. The van der Waals surface area contributed by atoms with E-state index in [4.69, 9.17) is 4.21 Å². The van der Waals surface area contributed by atoms with E-state index >= 15 is 0 Å². The molecule has 2 radical (unpaired) electrons. The van der Waals surface area contributed by atoms with Gasteiger partial charge in [0.1, 0.15) is 0 Å². The van der Waals surface area contributed by atoms with Crippen LogP contribution in [-0.4, -0.2) is 4.21 Å². The standard InChI is InChI=1S/Co.La.OS/c;;1-2. The van der Waals surface area contributed by atoms with Gasteiger partial charge in [-0.1, -0.05) is 0 Å². The maximum Gasteiger partial charge on any atom is 0.197 e. The molecule has 0 aromatic carbocycles. The molecule has 0 atom stereocenters. The predicted octanol–water partition coefficient (Wildman–Crippen LogP) is -0.339. The van der Waals surface area contributed by atoms with Gasteiger partial charge in [0.15, 0.2) is 12.5 Å². The van der Waals surface area contributed by atoms with Crippen LogP contribution in [-0.2, 0) is 29.3 Å². The van der Waals surface area contributed by atoms with Crippen LogP contribution in [0, 0.1) is 35.6 Å². The van der Waals surface area contributed by atoms with E-state index in [9.17, 15) is 0 Å². The Morgan fingerprint density at radius 2 is 1.25 bits per heavy atom. The Hall–Kier alpha value is 1.72. The average molecular weight is 246 g/mol. The first-order valence-corrected chi connectivity index (χ1v) is 0.500. The maximum atomic E-state index is 7.83. The van der Waals surface area contributed by atoms with Crippen LogP contribution in [0.25, 0.3) is 0 Å². The van der Waals surface area contributed by atoms with Gasteiger partial charge < -0.3 is 0 Å². The van der Waals surface area contributed by atoms with Crippen LogP contribution in [0.3, 0.4) is 0 Å². The first kappa shape index (κ1) is 17.2. The van der Waals surface area contributed by atoms with Crippen molar-refractivity contribution in [3.05, 3.63) is 0 Å². The monoisotopic (exact) mass is 246 g/mol. The summed E-state index contributed by atoms with van der Waals surface area (Å²) in [5, 5.41) is 0. The van der Waals surface area contributed by atoms with E-state index in [2.05, 4.69) is 12.5 Å². The summed E-state index contributed by atoms with van der Waals surface area (Å²) in [6.45, 7) is 0. The Morgan fingerprint density at radius 1 is 1.25 bits per heavy atom. The van der Waals surface area contributed by atoms with E-state index in [1.807, 2.05) is 0 Å². The van der Waals surface area contributed by atoms with E-state index < -0.39 is 0 Å². The van der Waals surface area contributed by atoms with Crippen LogP contribution in [0.1, 0.15) is 0 Å². The summed E-state index contributed by atoms with van der Waals surface area (Å²) in [6.07, 6.45) is 0. The first-order valence-electron chi connectivity index (χ1n) is 0.167. The van der Waals surface area contributed by atoms with E-state index in [1.165, 1.54) is 0 Å². The zero-order valence-electron chi connectivity index (χ0n) is 1.73. The van der Waals surface area contributed by atoms with Crippen LogP contribution >= 0.6 is 0 Å². The summed E-state index contributed by atoms with van der Waals surface area (Å²) in [6, 6.07) is 0. The minimum atomic E-state index is 0. The molecular weight excluding hydrogens is 246 g/mol. The zero-order valence-corrected chi connectivity index (χ0v) is 7.21. The molecule has 4 heteroatoms. The van der Waals surface area contributed by atoms with E-state index in [-0.39, 0.29) is 52.4 Å². The smallest absolute Gasteiger partial charge is 0.197 e. The summed E-state index contributed by atoms with van der Waals surface area (Å²) in [5.74, 6) is 0. The van der Waals surface area contributed by atoms with Crippen LogP contribution in [0.4, 0.5) is 0 Å². The molecule has 4 heavy (non-hydrogen) atoms. The third-order valence-corrected chi connectivity index (χ3v) is 0. The van der Waals surface area contributed by atoms with Crippen molar-refractivity contribution in [3.8, 4) is 0 Å². The zero-order chi connectivity index (χ0) is 2.00. The van der Waals surface area contributed by atoms with Gasteiger partial charge in [0.2, 0.25) is 0 Å². The van der Waals surface area contributed by atoms with E-state index in [0.717, 1.165) is 0 Å². The van der Waals surface area contributed by atoms with Crippen LogP contribution in [0.15, 0.2) is 0 Å². The minimum Gasteiger partial charge on any atom is -0.197 e. The molecule has 0 saturated heterocycles. The molecule has 1 nitrogen and oxygen atoms in total. The first-order chi connectivity index (χ1) is 1.00. The summed E-state index contributed by atoms with van der Waals surface area (Å²) >= 11 is 2.83. The fourth-order valence-corrected chi connectivity index (χ4v) is 0. The average Bonchev–Trinajstić information content (AvgIpc) is 1.00. The molecule has 0 rings (SSSR count). The van der Waals surface area contributed by atoms with Crippen molar-refractivity contribution >= 4 is 12.5 Å². The Morgan fingerprint density at radius 3 is 1.25 bits per heavy atom. The summed E-state index contributed by atoms with van der Waals surface area (Å²) in [5.41, 5.74) is 0. The Labute approximate surface area is 68.2 Å². The van der Waals surface area contributed by atoms with Crippen molar-refractivity contribution in [2.45, 2.75) is 0 Å². The van der Waals surface area contributed by atoms with Gasteiger partial charge in [-0.3, -0.25) is 0 Å². The summed E-state index contributed by atoms with van der Waals surface area (Å²) in [7, 11) is 0. The number of hydrogen-bond acceptors (Lipinski definition) is 2. The van der Waals surface area contributed by atoms with Crippen molar-refractivity contribution in [2.24, 2.45) is 0 Å². The second-order valence-corrected chi connectivity index (χ2v) is 0. The van der Waals surface area contributed by atoms with Gasteiger partial charge in [0, 0.05) is 52.4 Å². The molecule has 0 aliphatic heterocycles. The second kappa shape index (κ2) is 22.1. The molecule has 0 bridgehead atoms. The Bertz CT molecular complexity index is 8.00. The molecule has 0 aromatic rings. The molecular formula is CoLaOS. The van der Waals surface area contributed by atoms with Crippen molar-refractivity contribution < 1.29 is 56.6 Å². The largest absolute Gasteiger partial charge is 0.197 e.